The van der Waals surface area contributed by atoms with Crippen molar-refractivity contribution >= 4 is 0 Å². The van der Waals surface area contributed by atoms with E-state index in [2.05, 4.69) is 6.92 Å². The highest BCUT2D eigenvalue weighted by Crippen LogP contribution is 1.95. The minimum atomic E-state index is -0.706. The van der Waals surface area contributed by atoms with Crippen LogP contribution in [0, 0.1) is 0 Å². The highest BCUT2D eigenvalue weighted by Gasteiger charge is 2.10. The van der Waals surface area contributed by atoms with Gasteiger partial charge in [-0.05, 0) is 6.42 Å². The van der Waals surface area contributed by atoms with E-state index in [-0.39, 0.29) is 26.4 Å². The first kappa shape index (κ1) is 14.8. The van der Waals surface area contributed by atoms with E-state index in [1.165, 1.54) is 0 Å². The molecule has 0 fully saturated rings. The smallest absolute Gasteiger partial charge is 0.104 e. The second-order valence-electron chi connectivity index (χ2n) is 3.40. The lowest BCUT2D eigenvalue weighted by Gasteiger charge is -2.16. The Kier molecular flexibility index (Phi) is 10.2. The van der Waals surface area contributed by atoms with Crippen LogP contribution in [0.5, 0.6) is 0 Å². The van der Waals surface area contributed by atoms with E-state index in [1.807, 2.05) is 0 Å². The Morgan fingerprint density at radius 2 is 1.80 bits per heavy atom. The molecule has 0 heterocycles. The highest BCUT2D eigenvalue weighted by atomic mass is 16.5. The third kappa shape index (κ3) is 8.77. The van der Waals surface area contributed by atoms with Gasteiger partial charge in [0.05, 0.1) is 26.4 Å². The average Bonchev–Trinajstić information content (AvgIpc) is 2.26. The monoisotopic (exact) mass is 222 g/mol. The number of ether oxygens (including phenoxy) is 2. The molecule has 0 aliphatic carbocycles. The molecule has 0 spiro atoms. The predicted octanol–water partition coefficient (Wildman–Crippen LogP) is -0.466. The fraction of sp³-hybridized carbons (Fsp3) is 1.00. The molecule has 0 aliphatic heterocycles. The molecule has 1 unspecified atom stereocenters. The molecule has 0 rings (SSSR count). The number of rotatable bonds is 10. The van der Waals surface area contributed by atoms with Crippen molar-refractivity contribution < 1.29 is 24.8 Å². The van der Waals surface area contributed by atoms with Gasteiger partial charge in [-0.2, -0.15) is 0 Å². The van der Waals surface area contributed by atoms with Crippen LogP contribution in [0.1, 0.15) is 19.8 Å². The number of unbranched alkanes of at least 4 members (excludes halogenated alkanes) is 1. The third-order valence-corrected chi connectivity index (χ3v) is 1.88. The molecule has 3 N–H and O–H groups in total. The fourth-order valence-electron chi connectivity index (χ4n) is 0.924. The number of aliphatic hydroxyl groups is 3. The quantitative estimate of drug-likeness (QED) is 0.436. The van der Waals surface area contributed by atoms with Crippen LogP contribution in [0.2, 0.25) is 0 Å². The van der Waals surface area contributed by atoms with Gasteiger partial charge in [0.15, 0.2) is 0 Å². The van der Waals surface area contributed by atoms with Crippen LogP contribution in [0.3, 0.4) is 0 Å². The van der Waals surface area contributed by atoms with E-state index in [4.69, 9.17) is 19.7 Å². The fourth-order valence-corrected chi connectivity index (χ4v) is 0.924. The van der Waals surface area contributed by atoms with E-state index in [0.717, 1.165) is 12.8 Å². The summed E-state index contributed by atoms with van der Waals surface area (Å²) in [4.78, 5) is 0. The molecule has 5 heteroatoms. The maximum atomic E-state index is 9.38. The van der Waals surface area contributed by atoms with E-state index in [1.54, 1.807) is 0 Å². The van der Waals surface area contributed by atoms with Crippen molar-refractivity contribution in [2.45, 2.75) is 32.0 Å². The molecule has 0 amide bonds. The van der Waals surface area contributed by atoms with Crippen molar-refractivity contribution in [3.63, 3.8) is 0 Å². The van der Waals surface area contributed by atoms with Gasteiger partial charge < -0.3 is 24.8 Å². The summed E-state index contributed by atoms with van der Waals surface area (Å²) in [6, 6.07) is 0. The minimum Gasteiger partial charge on any atom is -0.394 e. The second kappa shape index (κ2) is 10.3. The SMILES string of the molecule is CCCCOCC(O)COC(CO)CO. The Morgan fingerprint density at radius 3 is 2.33 bits per heavy atom. The van der Waals surface area contributed by atoms with Gasteiger partial charge >= 0.3 is 0 Å². The van der Waals surface area contributed by atoms with Crippen molar-refractivity contribution in [1.29, 1.82) is 0 Å². The van der Waals surface area contributed by atoms with Gasteiger partial charge in [0, 0.05) is 6.61 Å². The zero-order valence-electron chi connectivity index (χ0n) is 9.26. The van der Waals surface area contributed by atoms with Crippen LogP contribution in [0.25, 0.3) is 0 Å². The predicted molar refractivity (Wildman–Crippen MR) is 55.6 cm³/mol. The summed E-state index contributed by atoms with van der Waals surface area (Å²) in [5, 5.41) is 26.7. The van der Waals surface area contributed by atoms with E-state index < -0.39 is 12.2 Å². The van der Waals surface area contributed by atoms with Gasteiger partial charge in [-0.15, -0.1) is 0 Å². The van der Waals surface area contributed by atoms with Crippen molar-refractivity contribution in [2.75, 3.05) is 33.0 Å². The van der Waals surface area contributed by atoms with Gasteiger partial charge in [0.2, 0.25) is 0 Å². The van der Waals surface area contributed by atoms with Crippen LogP contribution in [0.4, 0.5) is 0 Å². The normalized spacial score (nSPS) is 13.4. The summed E-state index contributed by atoms with van der Waals surface area (Å²) < 4.78 is 10.2. The van der Waals surface area contributed by atoms with Gasteiger partial charge in [0.1, 0.15) is 12.2 Å². The standard InChI is InChI=1S/C10H22O5/c1-2-3-4-14-7-9(13)8-15-10(5-11)6-12/h9-13H,2-8H2,1H3. The summed E-state index contributed by atoms with van der Waals surface area (Å²) in [5.41, 5.74) is 0. The summed E-state index contributed by atoms with van der Waals surface area (Å²) in [5.74, 6) is 0. The van der Waals surface area contributed by atoms with Crippen LogP contribution in [-0.4, -0.2) is 60.6 Å². The molecule has 92 valence electrons. The lowest BCUT2D eigenvalue weighted by molar-refractivity contribution is -0.0721. The first-order chi connectivity index (χ1) is 7.24. The molecule has 15 heavy (non-hydrogen) atoms. The second-order valence-corrected chi connectivity index (χ2v) is 3.40. The average molecular weight is 222 g/mol. The molecule has 0 aromatic rings. The summed E-state index contributed by atoms with van der Waals surface area (Å²) >= 11 is 0. The molecule has 0 aliphatic rings. The summed E-state index contributed by atoms with van der Waals surface area (Å²) in [7, 11) is 0. The maximum absolute atomic E-state index is 9.38. The third-order valence-electron chi connectivity index (χ3n) is 1.88. The van der Waals surface area contributed by atoms with E-state index in [9.17, 15) is 5.11 Å². The molecular formula is C10H22O5. The molecule has 0 bridgehead atoms. The van der Waals surface area contributed by atoms with Crippen molar-refractivity contribution in [3.05, 3.63) is 0 Å². The molecule has 0 saturated carbocycles. The van der Waals surface area contributed by atoms with Gasteiger partial charge in [-0.3, -0.25) is 0 Å². The van der Waals surface area contributed by atoms with Crippen LogP contribution >= 0.6 is 0 Å². The Hall–Kier alpha value is -0.200. The Balaban J connectivity index is 3.35. The molecule has 0 aromatic heterocycles. The Bertz CT molecular complexity index is 127. The maximum Gasteiger partial charge on any atom is 0.104 e. The van der Waals surface area contributed by atoms with E-state index >= 15 is 0 Å². The number of aliphatic hydroxyl groups excluding tert-OH is 3. The lowest BCUT2D eigenvalue weighted by Crippen LogP contribution is -2.29. The van der Waals surface area contributed by atoms with Gasteiger partial charge in [-0.25, -0.2) is 0 Å². The van der Waals surface area contributed by atoms with Crippen LogP contribution in [-0.2, 0) is 9.47 Å². The first-order valence-electron chi connectivity index (χ1n) is 5.33. The Morgan fingerprint density at radius 1 is 1.13 bits per heavy atom. The first-order valence-corrected chi connectivity index (χ1v) is 5.33. The van der Waals surface area contributed by atoms with Gasteiger partial charge in [0.25, 0.3) is 0 Å². The summed E-state index contributed by atoms with van der Waals surface area (Å²) in [6.45, 7) is 2.49. The number of hydrogen-bond donors (Lipinski definition) is 3. The molecular weight excluding hydrogens is 200 g/mol. The van der Waals surface area contributed by atoms with Crippen molar-refractivity contribution in [1.82, 2.24) is 0 Å². The number of hydrogen-bond acceptors (Lipinski definition) is 5. The molecule has 5 nitrogen and oxygen atoms in total. The molecule has 1 atom stereocenters. The molecule has 0 saturated heterocycles. The lowest BCUT2D eigenvalue weighted by atomic mass is 10.3. The summed E-state index contributed by atoms with van der Waals surface area (Å²) in [6.07, 6.45) is 0.713. The van der Waals surface area contributed by atoms with Crippen LogP contribution in [0.15, 0.2) is 0 Å². The topological polar surface area (TPSA) is 79.2 Å². The molecule has 0 radical (unpaired) electrons. The van der Waals surface area contributed by atoms with Crippen LogP contribution < -0.4 is 0 Å². The zero-order valence-corrected chi connectivity index (χ0v) is 9.26. The largest absolute Gasteiger partial charge is 0.394 e. The van der Waals surface area contributed by atoms with Crippen molar-refractivity contribution in [2.24, 2.45) is 0 Å². The molecule has 0 aromatic carbocycles. The van der Waals surface area contributed by atoms with Crippen molar-refractivity contribution in [3.8, 4) is 0 Å². The highest BCUT2D eigenvalue weighted by molar-refractivity contribution is 4.57. The van der Waals surface area contributed by atoms with Gasteiger partial charge in [-0.1, -0.05) is 13.3 Å². The van der Waals surface area contributed by atoms with E-state index in [0.29, 0.717) is 6.61 Å². The Labute approximate surface area is 90.6 Å². The minimum absolute atomic E-state index is 0.0674. The zero-order chi connectivity index (χ0) is 11.5.